The van der Waals surface area contributed by atoms with Crippen LogP contribution in [0.5, 0.6) is 0 Å². The molecule has 0 amide bonds. The highest BCUT2D eigenvalue weighted by atomic mass is 32.2. The van der Waals surface area contributed by atoms with Crippen molar-refractivity contribution in [2.45, 2.75) is 22.2 Å². The number of hydrogen-bond acceptors (Lipinski definition) is 5. The van der Waals surface area contributed by atoms with Crippen molar-refractivity contribution in [2.75, 3.05) is 0 Å². The quantitative estimate of drug-likeness (QED) is 0.200. The first-order chi connectivity index (χ1) is 24.8. The van der Waals surface area contributed by atoms with Crippen LogP contribution >= 0.6 is 11.8 Å². The second-order valence-corrected chi connectivity index (χ2v) is 14.1. The molecule has 6 aromatic carbocycles. The maximum atomic E-state index is 6.95. The monoisotopic (exact) mass is 661 g/mol. The Morgan fingerprint density at radius 3 is 1.86 bits per heavy atom. The lowest BCUT2D eigenvalue weighted by atomic mass is 9.90. The number of para-hydroxylation sites is 2. The molecule has 0 radical (unpaired) electrons. The summed E-state index contributed by atoms with van der Waals surface area (Å²) in [6, 6.07) is 48.8. The fraction of sp³-hybridized carbons (Fsp3) is 0.0667. The van der Waals surface area contributed by atoms with Gasteiger partial charge < -0.3 is 9.73 Å². The Labute approximate surface area is 294 Å². The summed E-state index contributed by atoms with van der Waals surface area (Å²) in [7, 11) is 0. The average Bonchev–Trinajstić information content (AvgIpc) is 3.77. The van der Waals surface area contributed by atoms with Crippen LogP contribution in [0.4, 0.5) is 0 Å². The lowest BCUT2D eigenvalue weighted by Gasteiger charge is -2.22. The average molecular weight is 662 g/mol. The molecule has 0 fully saturated rings. The predicted octanol–water partition coefficient (Wildman–Crippen LogP) is 11.1. The fourth-order valence-corrected chi connectivity index (χ4v) is 8.93. The molecule has 1 N–H and O–H groups in total. The van der Waals surface area contributed by atoms with Crippen LogP contribution in [0, 0.1) is 0 Å². The third-order valence-corrected chi connectivity index (χ3v) is 11.3. The third-order valence-electron chi connectivity index (χ3n) is 9.92. The van der Waals surface area contributed by atoms with Crippen LogP contribution in [-0.4, -0.2) is 16.9 Å². The van der Waals surface area contributed by atoms with Gasteiger partial charge in [0.15, 0.2) is 6.17 Å². The van der Waals surface area contributed by atoms with Gasteiger partial charge in [0.1, 0.15) is 22.8 Å². The third kappa shape index (κ3) is 4.85. The standard InChI is InChI=1S/C45H31N3OS/c1-3-12-28(13-4-1)29-24-26-31(27-25-29)44-46-43(30-14-5-2-6-15-30)47-45(48-44)38-22-10-18-34-33-17-9-19-35(40(33)49-41(34)38)37-21-11-20-36-32-16-7-8-23-39(32)50-42(36)37/h1-27,32,39,45H,(H,46,47,48). The highest BCUT2D eigenvalue weighted by molar-refractivity contribution is 8.00. The van der Waals surface area contributed by atoms with Gasteiger partial charge in [0.2, 0.25) is 0 Å². The number of benzene rings is 6. The minimum Gasteiger partial charge on any atom is -0.455 e. The van der Waals surface area contributed by atoms with Crippen molar-refractivity contribution >= 4 is 45.4 Å². The second-order valence-electron chi connectivity index (χ2n) is 12.9. The second kappa shape index (κ2) is 11.9. The summed E-state index contributed by atoms with van der Waals surface area (Å²) in [6.07, 6.45) is 8.49. The summed E-state index contributed by atoms with van der Waals surface area (Å²) in [6.45, 7) is 0. The molecule has 0 saturated heterocycles. The molecule has 1 aliphatic carbocycles. The Morgan fingerprint density at radius 2 is 1.08 bits per heavy atom. The van der Waals surface area contributed by atoms with E-state index in [0.717, 1.165) is 61.4 Å². The van der Waals surface area contributed by atoms with Crippen LogP contribution in [0.25, 0.3) is 44.2 Å². The zero-order valence-electron chi connectivity index (χ0n) is 27.0. The first-order valence-electron chi connectivity index (χ1n) is 17.0. The number of fused-ring (bicyclic) bond motifs is 6. The van der Waals surface area contributed by atoms with E-state index in [1.165, 1.54) is 21.6 Å². The number of allylic oxidation sites excluding steroid dienone is 3. The van der Waals surface area contributed by atoms with Gasteiger partial charge in [-0.3, -0.25) is 0 Å². The van der Waals surface area contributed by atoms with Crippen molar-refractivity contribution in [3.8, 4) is 22.3 Å². The topological polar surface area (TPSA) is 49.9 Å². The van der Waals surface area contributed by atoms with Crippen LogP contribution in [-0.2, 0) is 0 Å². The van der Waals surface area contributed by atoms with Gasteiger partial charge in [-0.25, -0.2) is 9.98 Å². The summed E-state index contributed by atoms with van der Waals surface area (Å²) >= 11 is 1.96. The van der Waals surface area contributed by atoms with Gasteiger partial charge in [-0.15, -0.1) is 11.8 Å². The molecule has 3 atom stereocenters. The number of amidine groups is 2. The van der Waals surface area contributed by atoms with E-state index in [4.69, 9.17) is 14.4 Å². The number of furan rings is 1. The Hall–Kier alpha value is -5.91. The predicted molar refractivity (Wildman–Crippen MR) is 207 cm³/mol. The Balaban J connectivity index is 1.10. The van der Waals surface area contributed by atoms with Crippen LogP contribution in [0.3, 0.4) is 0 Å². The van der Waals surface area contributed by atoms with Crippen molar-refractivity contribution in [1.82, 2.24) is 5.32 Å². The van der Waals surface area contributed by atoms with Gasteiger partial charge in [-0.05, 0) is 22.3 Å². The van der Waals surface area contributed by atoms with Crippen LogP contribution < -0.4 is 5.32 Å². The maximum absolute atomic E-state index is 6.95. The van der Waals surface area contributed by atoms with E-state index in [-0.39, 0.29) is 0 Å². The van der Waals surface area contributed by atoms with Crippen molar-refractivity contribution in [2.24, 2.45) is 9.98 Å². The van der Waals surface area contributed by atoms with E-state index in [0.29, 0.717) is 11.2 Å². The van der Waals surface area contributed by atoms with Crippen molar-refractivity contribution in [1.29, 1.82) is 0 Å². The maximum Gasteiger partial charge on any atom is 0.173 e. The molecule has 0 spiro atoms. The molecule has 2 aliphatic heterocycles. The molecule has 0 bridgehead atoms. The molecule has 3 aliphatic rings. The van der Waals surface area contributed by atoms with Crippen molar-refractivity contribution in [3.63, 3.8) is 0 Å². The summed E-state index contributed by atoms with van der Waals surface area (Å²) in [5.41, 5.74) is 10.7. The largest absolute Gasteiger partial charge is 0.455 e. The Kier molecular flexibility index (Phi) is 6.91. The number of rotatable bonds is 5. The van der Waals surface area contributed by atoms with E-state index >= 15 is 0 Å². The van der Waals surface area contributed by atoms with Gasteiger partial charge in [-0.2, -0.15) is 0 Å². The lowest BCUT2D eigenvalue weighted by Crippen LogP contribution is -2.36. The van der Waals surface area contributed by atoms with E-state index in [9.17, 15) is 0 Å². The fourth-order valence-electron chi connectivity index (χ4n) is 7.46. The highest BCUT2D eigenvalue weighted by Crippen LogP contribution is 2.52. The van der Waals surface area contributed by atoms with Crippen LogP contribution in [0.1, 0.15) is 34.3 Å². The number of thioether (sulfide) groups is 1. The molecule has 3 heterocycles. The van der Waals surface area contributed by atoms with Gasteiger partial charge >= 0.3 is 0 Å². The number of nitrogens with zero attached hydrogens (tertiary/aromatic N) is 2. The first kappa shape index (κ1) is 29.0. The number of nitrogens with one attached hydrogen (secondary N) is 1. The lowest BCUT2D eigenvalue weighted by molar-refractivity contribution is 0.650. The van der Waals surface area contributed by atoms with Gasteiger partial charge in [0.05, 0.1) is 0 Å². The zero-order chi connectivity index (χ0) is 33.0. The van der Waals surface area contributed by atoms with E-state index in [2.05, 4.69) is 145 Å². The van der Waals surface area contributed by atoms with Crippen molar-refractivity contribution in [3.05, 3.63) is 186 Å². The molecule has 4 nitrogen and oxygen atoms in total. The van der Waals surface area contributed by atoms with Gasteiger partial charge in [0.25, 0.3) is 0 Å². The van der Waals surface area contributed by atoms with Gasteiger partial charge in [-0.1, -0.05) is 164 Å². The molecule has 5 heteroatoms. The minimum absolute atomic E-state index is 0.402. The van der Waals surface area contributed by atoms with Gasteiger partial charge in [0, 0.05) is 49.1 Å². The number of hydrogen-bond donors (Lipinski definition) is 1. The molecule has 238 valence electrons. The van der Waals surface area contributed by atoms with Crippen molar-refractivity contribution < 1.29 is 4.42 Å². The molecule has 3 unspecified atom stereocenters. The first-order valence-corrected chi connectivity index (χ1v) is 17.9. The normalized spacial score (nSPS) is 19.2. The molecule has 0 saturated carbocycles. The number of aliphatic imine (C=N–C) groups is 2. The molecular formula is C45H31N3OS. The zero-order valence-corrected chi connectivity index (χ0v) is 27.8. The van der Waals surface area contributed by atoms with E-state index in [1.807, 2.05) is 36.0 Å². The van der Waals surface area contributed by atoms with E-state index < -0.39 is 6.17 Å². The molecule has 10 rings (SSSR count). The molecule has 1 aromatic heterocycles. The smallest absolute Gasteiger partial charge is 0.173 e. The molecular weight excluding hydrogens is 631 g/mol. The van der Waals surface area contributed by atoms with Crippen LogP contribution in [0.2, 0.25) is 0 Å². The summed E-state index contributed by atoms with van der Waals surface area (Å²) in [5, 5.41) is 6.14. The summed E-state index contributed by atoms with van der Waals surface area (Å²) in [5.74, 6) is 1.96. The van der Waals surface area contributed by atoms with E-state index in [1.54, 1.807) is 0 Å². The highest BCUT2D eigenvalue weighted by Gasteiger charge is 2.33. The molecule has 7 aromatic rings. The minimum atomic E-state index is -0.499. The molecule has 50 heavy (non-hydrogen) atoms. The Bertz CT molecular complexity index is 2550. The Morgan fingerprint density at radius 1 is 0.500 bits per heavy atom. The van der Waals surface area contributed by atoms with Crippen LogP contribution in [0.15, 0.2) is 183 Å². The SMILES string of the molecule is C1=CC2Sc3c(-c4cccc5c4oc4c(C6N=C(c7ccccc7)NC(c7ccc(-c8ccccc8)cc7)=N6)cccc45)cccc3C2C=C1. The summed E-state index contributed by atoms with van der Waals surface area (Å²) in [4.78, 5) is 11.8. The summed E-state index contributed by atoms with van der Waals surface area (Å²) < 4.78 is 6.95.